The minimum Gasteiger partial charge on any atom is -0.354 e. The van der Waals surface area contributed by atoms with Gasteiger partial charge in [0.1, 0.15) is 0 Å². The van der Waals surface area contributed by atoms with Gasteiger partial charge in [-0.25, -0.2) is 0 Å². The van der Waals surface area contributed by atoms with Gasteiger partial charge in [-0.1, -0.05) is 39.0 Å². The lowest BCUT2D eigenvalue weighted by Gasteiger charge is -2.19. The summed E-state index contributed by atoms with van der Waals surface area (Å²) in [4.78, 5) is 4.28. The van der Waals surface area contributed by atoms with Crippen LogP contribution in [0.25, 0.3) is 0 Å². The van der Waals surface area contributed by atoms with Crippen LogP contribution in [0, 0.1) is 0 Å². The van der Waals surface area contributed by atoms with Crippen LogP contribution < -0.4 is 5.32 Å². The van der Waals surface area contributed by atoms with Gasteiger partial charge in [-0.2, -0.15) is 0 Å². The molecule has 2 aromatic rings. The second kappa shape index (κ2) is 4.58. The number of benzene rings is 1. The van der Waals surface area contributed by atoms with E-state index >= 15 is 0 Å². The van der Waals surface area contributed by atoms with Crippen molar-refractivity contribution in [2.45, 2.75) is 26.2 Å². The van der Waals surface area contributed by atoms with Gasteiger partial charge in [0.2, 0.25) is 0 Å². The summed E-state index contributed by atoms with van der Waals surface area (Å²) in [6.45, 7) is 6.57. The highest BCUT2D eigenvalue weighted by Gasteiger charge is 2.14. The van der Waals surface area contributed by atoms with Gasteiger partial charge in [-0.05, 0) is 29.2 Å². The predicted molar refractivity (Wildman–Crippen MR) is 72.7 cm³/mol. The van der Waals surface area contributed by atoms with E-state index in [9.17, 15) is 0 Å². The molecule has 0 unspecified atom stereocenters. The summed E-state index contributed by atoms with van der Waals surface area (Å²) in [6, 6.07) is 12.3. The molecule has 88 valence electrons. The van der Waals surface area contributed by atoms with E-state index in [1.807, 2.05) is 42.7 Å². The maximum Gasteiger partial charge on any atom is 0.0573 e. The lowest BCUT2D eigenvalue weighted by Crippen LogP contribution is -2.11. The molecule has 2 nitrogen and oxygen atoms in total. The van der Waals surface area contributed by atoms with E-state index in [-0.39, 0.29) is 5.41 Å². The lowest BCUT2D eigenvalue weighted by molar-refractivity contribution is 0.588. The maximum absolute atomic E-state index is 4.28. The maximum atomic E-state index is 4.28. The third-order valence-electron chi connectivity index (χ3n) is 2.67. The Balaban J connectivity index is 2.23. The molecule has 0 aliphatic carbocycles. The second-order valence-electron chi connectivity index (χ2n) is 5.20. The first-order valence-electron chi connectivity index (χ1n) is 5.83. The number of nitrogens with one attached hydrogen (secondary N) is 1. The summed E-state index contributed by atoms with van der Waals surface area (Å²) in [5.74, 6) is 0. The molecule has 0 saturated carbocycles. The molecule has 0 atom stereocenters. The largest absolute Gasteiger partial charge is 0.354 e. The highest BCUT2D eigenvalue weighted by molar-refractivity contribution is 5.59. The monoisotopic (exact) mass is 226 g/mol. The molecule has 2 rings (SSSR count). The molecule has 0 bridgehead atoms. The summed E-state index contributed by atoms with van der Waals surface area (Å²) in [6.07, 6.45) is 3.78. The molecule has 0 amide bonds. The van der Waals surface area contributed by atoms with Gasteiger partial charge < -0.3 is 5.32 Å². The highest BCUT2D eigenvalue weighted by Crippen LogP contribution is 2.24. The molecule has 0 aliphatic rings. The van der Waals surface area contributed by atoms with Crippen LogP contribution in [0.4, 0.5) is 11.4 Å². The first-order valence-corrected chi connectivity index (χ1v) is 5.83. The Morgan fingerprint density at radius 1 is 0.941 bits per heavy atom. The number of para-hydroxylation sites is 1. The van der Waals surface area contributed by atoms with Crippen LogP contribution in [0.3, 0.4) is 0 Å². The molecule has 2 heteroatoms. The van der Waals surface area contributed by atoms with Crippen molar-refractivity contribution in [1.29, 1.82) is 0 Å². The molecule has 0 saturated heterocycles. The molecule has 17 heavy (non-hydrogen) atoms. The Kier molecular flexibility index (Phi) is 3.14. The van der Waals surface area contributed by atoms with Crippen LogP contribution in [0.2, 0.25) is 0 Å². The Morgan fingerprint density at radius 3 is 2.29 bits per heavy atom. The third-order valence-corrected chi connectivity index (χ3v) is 2.67. The van der Waals surface area contributed by atoms with E-state index in [1.54, 1.807) is 0 Å². The van der Waals surface area contributed by atoms with Crippen LogP contribution in [0.15, 0.2) is 48.8 Å². The van der Waals surface area contributed by atoms with Crippen molar-refractivity contribution in [2.24, 2.45) is 0 Å². The molecule has 0 aliphatic heterocycles. The van der Waals surface area contributed by atoms with Crippen molar-refractivity contribution in [1.82, 2.24) is 4.98 Å². The van der Waals surface area contributed by atoms with Crippen LogP contribution in [0.1, 0.15) is 26.3 Å². The Morgan fingerprint density at radius 2 is 1.65 bits per heavy atom. The zero-order chi connectivity index (χ0) is 12.3. The molecule has 1 N–H and O–H groups in total. The molecule has 0 radical (unpaired) electrons. The Hall–Kier alpha value is -1.83. The molecule has 1 aromatic heterocycles. The fraction of sp³-hybridized carbons (Fsp3) is 0.267. The molecule has 0 fully saturated rings. The first-order chi connectivity index (χ1) is 8.05. The number of pyridine rings is 1. The average molecular weight is 226 g/mol. The van der Waals surface area contributed by atoms with Crippen molar-refractivity contribution in [3.8, 4) is 0 Å². The number of rotatable bonds is 2. The highest BCUT2D eigenvalue weighted by atomic mass is 14.9. The van der Waals surface area contributed by atoms with Crippen LogP contribution in [0.5, 0.6) is 0 Å². The number of hydrogen-bond donors (Lipinski definition) is 1. The quantitative estimate of drug-likeness (QED) is 0.833. The average Bonchev–Trinajstić information content (AvgIpc) is 2.29. The Bertz CT molecular complexity index is 484. The predicted octanol–water partition coefficient (Wildman–Crippen LogP) is 4.12. The fourth-order valence-corrected chi connectivity index (χ4v) is 1.61. The lowest BCUT2D eigenvalue weighted by atomic mass is 9.88. The van der Waals surface area contributed by atoms with Gasteiger partial charge in [0.15, 0.2) is 0 Å². The molecular weight excluding hydrogens is 208 g/mol. The normalized spacial score (nSPS) is 11.2. The zero-order valence-corrected chi connectivity index (χ0v) is 10.6. The topological polar surface area (TPSA) is 24.9 Å². The number of aromatic nitrogens is 1. The molecular formula is C15H18N2. The van der Waals surface area contributed by atoms with E-state index in [2.05, 4.69) is 37.1 Å². The van der Waals surface area contributed by atoms with E-state index in [0.29, 0.717) is 0 Å². The van der Waals surface area contributed by atoms with Crippen molar-refractivity contribution in [2.75, 3.05) is 5.32 Å². The van der Waals surface area contributed by atoms with Crippen LogP contribution in [-0.4, -0.2) is 4.98 Å². The van der Waals surface area contributed by atoms with E-state index in [4.69, 9.17) is 0 Å². The van der Waals surface area contributed by atoms with Crippen molar-refractivity contribution in [3.63, 3.8) is 0 Å². The first kappa shape index (κ1) is 11.6. The number of nitrogens with zero attached hydrogens (tertiary/aromatic N) is 1. The van der Waals surface area contributed by atoms with Crippen molar-refractivity contribution >= 4 is 11.4 Å². The van der Waals surface area contributed by atoms with E-state index in [0.717, 1.165) is 11.4 Å². The molecule has 1 heterocycles. The SMILES string of the molecule is CC(C)(C)c1cncc(Nc2ccccc2)c1. The van der Waals surface area contributed by atoms with Crippen molar-refractivity contribution < 1.29 is 0 Å². The van der Waals surface area contributed by atoms with Gasteiger partial charge in [-0.15, -0.1) is 0 Å². The molecule has 0 spiro atoms. The summed E-state index contributed by atoms with van der Waals surface area (Å²) in [5.41, 5.74) is 3.48. The summed E-state index contributed by atoms with van der Waals surface area (Å²) < 4.78 is 0. The second-order valence-corrected chi connectivity index (χ2v) is 5.20. The summed E-state index contributed by atoms with van der Waals surface area (Å²) in [5, 5.41) is 3.35. The minimum atomic E-state index is 0.126. The summed E-state index contributed by atoms with van der Waals surface area (Å²) >= 11 is 0. The minimum absolute atomic E-state index is 0.126. The zero-order valence-electron chi connectivity index (χ0n) is 10.6. The third kappa shape index (κ3) is 3.06. The number of anilines is 2. The fourth-order valence-electron chi connectivity index (χ4n) is 1.61. The van der Waals surface area contributed by atoms with Crippen molar-refractivity contribution in [3.05, 3.63) is 54.4 Å². The standard InChI is InChI=1S/C15H18N2/c1-15(2,3)12-9-14(11-16-10-12)17-13-7-5-4-6-8-13/h4-11,17H,1-3H3. The van der Waals surface area contributed by atoms with Gasteiger partial charge in [0.05, 0.1) is 11.9 Å². The van der Waals surface area contributed by atoms with E-state index in [1.165, 1.54) is 5.56 Å². The smallest absolute Gasteiger partial charge is 0.0573 e. The number of hydrogen-bond acceptors (Lipinski definition) is 2. The van der Waals surface area contributed by atoms with Crippen LogP contribution in [-0.2, 0) is 5.41 Å². The van der Waals surface area contributed by atoms with Gasteiger partial charge in [0, 0.05) is 11.9 Å². The summed E-state index contributed by atoms with van der Waals surface area (Å²) in [7, 11) is 0. The van der Waals surface area contributed by atoms with Gasteiger partial charge in [-0.3, -0.25) is 4.98 Å². The van der Waals surface area contributed by atoms with Gasteiger partial charge >= 0.3 is 0 Å². The van der Waals surface area contributed by atoms with E-state index < -0.39 is 0 Å². The Labute approximate surface area is 103 Å². The molecule has 1 aromatic carbocycles. The van der Waals surface area contributed by atoms with Gasteiger partial charge in [0.25, 0.3) is 0 Å². The van der Waals surface area contributed by atoms with Crippen LogP contribution >= 0.6 is 0 Å².